The van der Waals surface area contributed by atoms with Gasteiger partial charge < -0.3 is 10.2 Å². The highest BCUT2D eigenvalue weighted by Crippen LogP contribution is 2.21. The van der Waals surface area contributed by atoms with Gasteiger partial charge >= 0.3 is 0 Å². The molecule has 0 aromatic heterocycles. The molecule has 0 heterocycles. The Morgan fingerprint density at radius 1 is 1.50 bits per heavy atom. The van der Waals surface area contributed by atoms with Crippen molar-refractivity contribution in [2.75, 3.05) is 32.5 Å². The maximum atomic E-state index is 10.7. The Balaban J connectivity index is 2.63. The molecule has 0 spiro atoms. The molecule has 6 nitrogen and oxygen atoms in total. The number of nitrogens with zero attached hydrogens (tertiary/aromatic N) is 3. The Morgan fingerprint density at radius 3 is 2.78 bits per heavy atom. The first-order valence-corrected chi connectivity index (χ1v) is 5.61. The number of benzene rings is 1. The minimum Gasteiger partial charge on any atom is -0.385 e. The average Bonchev–Trinajstić information content (AvgIpc) is 2.33. The summed E-state index contributed by atoms with van der Waals surface area (Å²) in [5.74, 6) is 0. The molecule has 18 heavy (non-hydrogen) atoms. The van der Waals surface area contributed by atoms with Crippen LogP contribution < -0.4 is 5.32 Å². The molecule has 0 radical (unpaired) electrons. The first kappa shape index (κ1) is 13.9. The molecular formula is C12H16N4O2. The highest BCUT2D eigenvalue weighted by molar-refractivity contribution is 5.58. The predicted octanol–water partition coefficient (Wildman–Crippen LogP) is 1.83. The van der Waals surface area contributed by atoms with E-state index in [9.17, 15) is 10.1 Å². The van der Waals surface area contributed by atoms with Gasteiger partial charge in [0.2, 0.25) is 0 Å². The zero-order valence-corrected chi connectivity index (χ0v) is 10.5. The fourth-order valence-corrected chi connectivity index (χ4v) is 1.52. The molecule has 0 aliphatic rings. The Kier molecular flexibility index (Phi) is 5.08. The highest BCUT2D eigenvalue weighted by atomic mass is 16.6. The first-order valence-electron chi connectivity index (χ1n) is 5.61. The van der Waals surface area contributed by atoms with Crippen molar-refractivity contribution >= 4 is 11.4 Å². The molecular weight excluding hydrogens is 232 g/mol. The van der Waals surface area contributed by atoms with E-state index in [1.54, 1.807) is 6.07 Å². The molecule has 1 aromatic rings. The SMILES string of the molecule is CN(C)CCCNc1ccc([N+](=O)[O-])c(C#N)c1. The van der Waals surface area contributed by atoms with E-state index in [2.05, 4.69) is 10.2 Å². The van der Waals surface area contributed by atoms with Crippen LogP contribution in [0.3, 0.4) is 0 Å². The number of nitro benzene ring substituents is 1. The van der Waals surface area contributed by atoms with Crippen molar-refractivity contribution in [2.45, 2.75) is 6.42 Å². The molecule has 0 aliphatic heterocycles. The van der Waals surface area contributed by atoms with Crippen LogP contribution in [0.5, 0.6) is 0 Å². The molecule has 0 atom stereocenters. The van der Waals surface area contributed by atoms with Crippen LogP contribution in [0.4, 0.5) is 11.4 Å². The van der Waals surface area contributed by atoms with Crippen molar-refractivity contribution in [3.63, 3.8) is 0 Å². The standard InChI is InChI=1S/C12H16N4O2/c1-15(2)7-3-6-14-11-4-5-12(16(17)18)10(8-11)9-13/h4-5,8,14H,3,6-7H2,1-2H3. The van der Waals surface area contributed by atoms with Gasteiger partial charge in [-0.15, -0.1) is 0 Å². The van der Waals surface area contributed by atoms with E-state index in [-0.39, 0.29) is 11.3 Å². The number of anilines is 1. The lowest BCUT2D eigenvalue weighted by Crippen LogP contribution is -2.16. The van der Waals surface area contributed by atoms with Crippen molar-refractivity contribution in [3.8, 4) is 6.07 Å². The third-order valence-electron chi connectivity index (χ3n) is 2.42. The van der Waals surface area contributed by atoms with Crippen LogP contribution in [-0.2, 0) is 0 Å². The smallest absolute Gasteiger partial charge is 0.287 e. The lowest BCUT2D eigenvalue weighted by molar-refractivity contribution is -0.385. The van der Waals surface area contributed by atoms with Gasteiger partial charge in [-0.2, -0.15) is 5.26 Å². The third kappa shape index (κ3) is 4.03. The molecule has 1 N–H and O–H groups in total. The second-order valence-corrected chi connectivity index (χ2v) is 4.18. The van der Waals surface area contributed by atoms with Crippen molar-refractivity contribution in [1.29, 1.82) is 5.26 Å². The summed E-state index contributed by atoms with van der Waals surface area (Å²) in [5, 5.41) is 22.6. The predicted molar refractivity (Wildman–Crippen MR) is 69.5 cm³/mol. The van der Waals surface area contributed by atoms with E-state index in [0.717, 1.165) is 25.2 Å². The van der Waals surface area contributed by atoms with Gasteiger partial charge in [0.15, 0.2) is 0 Å². The maximum Gasteiger partial charge on any atom is 0.287 e. The largest absolute Gasteiger partial charge is 0.385 e. The monoisotopic (exact) mass is 248 g/mol. The molecule has 0 bridgehead atoms. The van der Waals surface area contributed by atoms with Gasteiger partial charge in [0.25, 0.3) is 5.69 Å². The first-order chi connectivity index (χ1) is 8.54. The van der Waals surface area contributed by atoms with E-state index in [1.807, 2.05) is 20.2 Å². The number of nitrogens with one attached hydrogen (secondary N) is 1. The zero-order chi connectivity index (χ0) is 13.5. The molecule has 0 fully saturated rings. The summed E-state index contributed by atoms with van der Waals surface area (Å²) in [6.07, 6.45) is 0.964. The Bertz CT molecular complexity index is 466. The number of hydrogen-bond donors (Lipinski definition) is 1. The second-order valence-electron chi connectivity index (χ2n) is 4.18. The van der Waals surface area contributed by atoms with Crippen LogP contribution in [-0.4, -0.2) is 37.0 Å². The van der Waals surface area contributed by atoms with Crippen molar-refractivity contribution in [2.24, 2.45) is 0 Å². The minimum absolute atomic E-state index is 0.0811. The second kappa shape index (κ2) is 6.57. The fourth-order valence-electron chi connectivity index (χ4n) is 1.52. The third-order valence-corrected chi connectivity index (χ3v) is 2.42. The van der Waals surface area contributed by atoms with E-state index in [1.165, 1.54) is 12.1 Å². The molecule has 1 rings (SSSR count). The summed E-state index contributed by atoms with van der Waals surface area (Å²) >= 11 is 0. The molecule has 6 heteroatoms. The van der Waals surface area contributed by atoms with Crippen LogP contribution in [0, 0.1) is 21.4 Å². The van der Waals surface area contributed by atoms with Crippen LogP contribution in [0.15, 0.2) is 18.2 Å². The van der Waals surface area contributed by atoms with Crippen LogP contribution >= 0.6 is 0 Å². The van der Waals surface area contributed by atoms with Gasteiger partial charge in [-0.25, -0.2) is 0 Å². The molecule has 0 aliphatic carbocycles. The summed E-state index contributed by atoms with van der Waals surface area (Å²) in [7, 11) is 4.00. The Labute approximate surface area is 106 Å². The van der Waals surface area contributed by atoms with Crippen molar-refractivity contribution in [3.05, 3.63) is 33.9 Å². The molecule has 1 aromatic carbocycles. The van der Waals surface area contributed by atoms with Gasteiger partial charge in [-0.3, -0.25) is 10.1 Å². The molecule has 96 valence electrons. The summed E-state index contributed by atoms with van der Waals surface area (Å²) < 4.78 is 0. The van der Waals surface area contributed by atoms with E-state index in [0.29, 0.717) is 0 Å². The van der Waals surface area contributed by atoms with E-state index >= 15 is 0 Å². The number of nitro groups is 1. The molecule has 0 saturated heterocycles. The summed E-state index contributed by atoms with van der Waals surface area (Å²) in [6, 6.07) is 6.32. The lowest BCUT2D eigenvalue weighted by atomic mass is 10.1. The van der Waals surface area contributed by atoms with Gasteiger partial charge in [0.1, 0.15) is 11.6 Å². The number of rotatable bonds is 6. The van der Waals surface area contributed by atoms with Crippen molar-refractivity contribution in [1.82, 2.24) is 4.90 Å². The van der Waals surface area contributed by atoms with Crippen LogP contribution in [0.2, 0.25) is 0 Å². The number of hydrogen-bond acceptors (Lipinski definition) is 5. The van der Waals surface area contributed by atoms with Gasteiger partial charge in [0, 0.05) is 18.3 Å². The summed E-state index contributed by atoms with van der Waals surface area (Å²) in [5.41, 5.74) is 0.657. The average molecular weight is 248 g/mol. The molecule has 0 saturated carbocycles. The van der Waals surface area contributed by atoms with Crippen LogP contribution in [0.1, 0.15) is 12.0 Å². The minimum atomic E-state index is -0.547. The van der Waals surface area contributed by atoms with Crippen LogP contribution in [0.25, 0.3) is 0 Å². The lowest BCUT2D eigenvalue weighted by Gasteiger charge is -2.10. The molecule has 0 unspecified atom stereocenters. The van der Waals surface area contributed by atoms with Gasteiger partial charge in [-0.05, 0) is 39.2 Å². The van der Waals surface area contributed by atoms with Gasteiger partial charge in [0.05, 0.1) is 4.92 Å². The number of nitriles is 1. The van der Waals surface area contributed by atoms with Gasteiger partial charge in [-0.1, -0.05) is 0 Å². The van der Waals surface area contributed by atoms with Crippen molar-refractivity contribution < 1.29 is 4.92 Å². The van der Waals surface area contributed by atoms with E-state index in [4.69, 9.17) is 5.26 Å². The molecule has 0 amide bonds. The maximum absolute atomic E-state index is 10.7. The normalized spacial score (nSPS) is 10.1. The fraction of sp³-hybridized carbons (Fsp3) is 0.417. The quantitative estimate of drug-likeness (QED) is 0.472. The summed E-state index contributed by atoms with van der Waals surface area (Å²) in [6.45, 7) is 1.73. The summed E-state index contributed by atoms with van der Waals surface area (Å²) in [4.78, 5) is 12.2. The van der Waals surface area contributed by atoms with E-state index < -0.39 is 4.92 Å². The Morgan fingerprint density at radius 2 is 2.22 bits per heavy atom. The Hall–Kier alpha value is -2.13. The highest BCUT2D eigenvalue weighted by Gasteiger charge is 2.13. The topological polar surface area (TPSA) is 82.2 Å². The zero-order valence-electron chi connectivity index (χ0n) is 10.5.